The molecule has 2 aromatic rings. The minimum absolute atomic E-state index is 0.0617. The number of nitrogens with zero attached hydrogens (tertiary/aromatic N) is 3. The number of hydrogen-bond acceptors (Lipinski definition) is 3. The fourth-order valence-electron chi connectivity index (χ4n) is 2.80. The fourth-order valence-corrected chi connectivity index (χ4v) is 2.80. The lowest BCUT2D eigenvalue weighted by atomic mass is 9.93. The summed E-state index contributed by atoms with van der Waals surface area (Å²) in [5.41, 5.74) is 1.33. The Labute approximate surface area is 122 Å². The van der Waals surface area contributed by atoms with Gasteiger partial charge in [0.2, 0.25) is 0 Å². The summed E-state index contributed by atoms with van der Waals surface area (Å²) in [6, 6.07) is 3.59. The van der Waals surface area contributed by atoms with Crippen molar-refractivity contribution >= 4 is 17.5 Å². The number of aliphatic carboxylic acids is 1. The summed E-state index contributed by atoms with van der Waals surface area (Å²) in [6.07, 6.45) is 6.54. The molecule has 2 aromatic heterocycles. The number of aromatic nitrogens is 2. The van der Waals surface area contributed by atoms with E-state index >= 15 is 0 Å². The molecule has 21 heavy (non-hydrogen) atoms. The third-order valence-electron chi connectivity index (χ3n) is 4.13. The van der Waals surface area contributed by atoms with E-state index in [9.17, 15) is 9.59 Å². The van der Waals surface area contributed by atoms with Gasteiger partial charge in [0.15, 0.2) is 0 Å². The minimum atomic E-state index is -0.829. The Balaban J connectivity index is 1.86. The number of carbonyl (C=O) groups is 2. The molecule has 0 spiro atoms. The quantitative estimate of drug-likeness (QED) is 0.911. The average Bonchev–Trinajstić information content (AvgIpc) is 2.94. The van der Waals surface area contributed by atoms with Crippen LogP contribution < -0.4 is 0 Å². The predicted octanol–water partition coefficient (Wildman–Crippen LogP) is 1.66. The third-order valence-corrected chi connectivity index (χ3v) is 4.13. The zero-order valence-electron chi connectivity index (χ0n) is 11.8. The average molecular weight is 287 g/mol. The van der Waals surface area contributed by atoms with E-state index in [1.165, 1.54) is 0 Å². The van der Waals surface area contributed by atoms with Crippen LogP contribution in [0.4, 0.5) is 0 Å². The summed E-state index contributed by atoms with van der Waals surface area (Å²) in [4.78, 5) is 29.6. The summed E-state index contributed by atoms with van der Waals surface area (Å²) in [7, 11) is 0. The highest BCUT2D eigenvalue weighted by atomic mass is 16.4. The Morgan fingerprint density at radius 1 is 1.33 bits per heavy atom. The van der Waals surface area contributed by atoms with E-state index in [2.05, 4.69) is 4.98 Å². The first-order chi connectivity index (χ1) is 10.1. The van der Waals surface area contributed by atoms with Gasteiger partial charge in [-0.2, -0.15) is 0 Å². The van der Waals surface area contributed by atoms with E-state index in [4.69, 9.17) is 5.11 Å². The molecule has 1 aliphatic heterocycles. The van der Waals surface area contributed by atoms with Gasteiger partial charge in [-0.1, -0.05) is 0 Å². The van der Waals surface area contributed by atoms with Crippen molar-refractivity contribution in [1.82, 2.24) is 14.3 Å². The Kier molecular flexibility index (Phi) is 3.37. The molecule has 1 fully saturated rings. The number of pyridine rings is 1. The smallest absolute Gasteiger partial charge is 0.308 e. The van der Waals surface area contributed by atoms with Gasteiger partial charge in [-0.25, -0.2) is 4.98 Å². The predicted molar refractivity (Wildman–Crippen MR) is 76.1 cm³/mol. The lowest BCUT2D eigenvalue weighted by Crippen LogP contribution is -2.47. The summed E-state index contributed by atoms with van der Waals surface area (Å²) in [6.45, 7) is 2.24. The number of piperidine rings is 1. The molecular formula is C15H17N3O3. The standard InChI is InChI=1S/C15H17N3O3/c1-10-2-3-12(15(20)21)9-18(10)14(19)11-4-5-13-16-6-7-17(13)8-11/h4-8,10,12H,2-3,9H2,1H3,(H,20,21). The maximum Gasteiger partial charge on any atom is 0.308 e. The van der Waals surface area contributed by atoms with Crippen molar-refractivity contribution in [3.05, 3.63) is 36.3 Å². The van der Waals surface area contributed by atoms with Crippen LogP contribution in [0.25, 0.3) is 5.65 Å². The zero-order chi connectivity index (χ0) is 15.0. The van der Waals surface area contributed by atoms with Crippen LogP contribution in [0.15, 0.2) is 30.7 Å². The molecule has 3 heterocycles. The minimum Gasteiger partial charge on any atom is -0.481 e. The summed E-state index contributed by atoms with van der Waals surface area (Å²) >= 11 is 0. The van der Waals surface area contributed by atoms with Gasteiger partial charge in [0.05, 0.1) is 11.5 Å². The Bertz CT molecular complexity index is 694. The monoisotopic (exact) mass is 287 g/mol. The second kappa shape index (κ2) is 5.20. The number of carboxylic acids is 1. The van der Waals surface area contributed by atoms with Crippen molar-refractivity contribution in [2.45, 2.75) is 25.8 Å². The summed E-state index contributed by atoms with van der Waals surface area (Å²) in [5.74, 6) is -1.42. The number of hydrogen-bond donors (Lipinski definition) is 1. The lowest BCUT2D eigenvalue weighted by Gasteiger charge is -2.36. The van der Waals surface area contributed by atoms with Crippen LogP contribution >= 0.6 is 0 Å². The number of fused-ring (bicyclic) bond motifs is 1. The molecule has 0 radical (unpaired) electrons. The van der Waals surface area contributed by atoms with Gasteiger partial charge >= 0.3 is 5.97 Å². The summed E-state index contributed by atoms with van der Waals surface area (Å²) in [5, 5.41) is 9.16. The molecule has 1 saturated heterocycles. The van der Waals surface area contributed by atoms with E-state index in [1.807, 2.05) is 6.92 Å². The fraction of sp³-hybridized carbons (Fsp3) is 0.400. The van der Waals surface area contributed by atoms with Crippen LogP contribution in [0, 0.1) is 5.92 Å². The van der Waals surface area contributed by atoms with Gasteiger partial charge in [-0.15, -0.1) is 0 Å². The van der Waals surface area contributed by atoms with Gasteiger partial charge in [0.1, 0.15) is 5.65 Å². The van der Waals surface area contributed by atoms with Crippen LogP contribution in [0.2, 0.25) is 0 Å². The molecular weight excluding hydrogens is 270 g/mol. The van der Waals surface area contributed by atoms with Crippen LogP contribution in [0.5, 0.6) is 0 Å². The maximum absolute atomic E-state index is 12.6. The van der Waals surface area contributed by atoms with E-state index in [1.54, 1.807) is 40.0 Å². The molecule has 110 valence electrons. The molecule has 3 rings (SSSR count). The maximum atomic E-state index is 12.6. The second-order valence-corrected chi connectivity index (χ2v) is 5.53. The highest BCUT2D eigenvalue weighted by molar-refractivity contribution is 5.94. The van der Waals surface area contributed by atoms with Gasteiger partial charge in [-0.05, 0) is 31.9 Å². The molecule has 1 amide bonds. The Morgan fingerprint density at radius 3 is 2.90 bits per heavy atom. The molecule has 0 aromatic carbocycles. The number of rotatable bonds is 2. The largest absolute Gasteiger partial charge is 0.481 e. The number of carboxylic acid groups (broad SMARTS) is 1. The van der Waals surface area contributed by atoms with E-state index in [0.29, 0.717) is 12.0 Å². The van der Waals surface area contributed by atoms with Crippen LogP contribution in [0.1, 0.15) is 30.1 Å². The van der Waals surface area contributed by atoms with Gasteiger partial charge in [0, 0.05) is 31.2 Å². The highest BCUT2D eigenvalue weighted by Crippen LogP contribution is 2.24. The van der Waals surface area contributed by atoms with Gasteiger partial charge in [-0.3, -0.25) is 9.59 Å². The number of likely N-dealkylation sites (tertiary alicyclic amines) is 1. The molecule has 0 saturated carbocycles. The second-order valence-electron chi connectivity index (χ2n) is 5.53. The van der Waals surface area contributed by atoms with Crippen LogP contribution in [-0.2, 0) is 4.79 Å². The number of amides is 1. The third kappa shape index (κ3) is 2.49. The van der Waals surface area contributed by atoms with Crippen molar-refractivity contribution in [1.29, 1.82) is 0 Å². The molecule has 0 bridgehead atoms. The van der Waals surface area contributed by atoms with Gasteiger partial charge in [0.25, 0.3) is 5.91 Å². The highest BCUT2D eigenvalue weighted by Gasteiger charge is 2.33. The van der Waals surface area contributed by atoms with Gasteiger partial charge < -0.3 is 14.4 Å². The Morgan fingerprint density at radius 2 is 2.14 bits per heavy atom. The van der Waals surface area contributed by atoms with Crippen molar-refractivity contribution in [3.8, 4) is 0 Å². The van der Waals surface area contributed by atoms with Crippen LogP contribution in [-0.4, -0.2) is 43.9 Å². The number of imidazole rings is 1. The lowest BCUT2D eigenvalue weighted by molar-refractivity contribution is -0.143. The zero-order valence-corrected chi connectivity index (χ0v) is 11.8. The molecule has 2 atom stereocenters. The molecule has 6 heteroatoms. The van der Waals surface area contributed by atoms with E-state index in [-0.39, 0.29) is 18.5 Å². The Hall–Kier alpha value is -2.37. The van der Waals surface area contributed by atoms with E-state index < -0.39 is 11.9 Å². The first kappa shape index (κ1) is 13.6. The number of carbonyl (C=O) groups excluding carboxylic acids is 1. The van der Waals surface area contributed by atoms with Crippen LogP contribution in [0.3, 0.4) is 0 Å². The molecule has 6 nitrogen and oxygen atoms in total. The van der Waals surface area contributed by atoms with Crippen molar-refractivity contribution in [3.63, 3.8) is 0 Å². The normalized spacial score (nSPS) is 22.4. The molecule has 1 aliphatic rings. The molecule has 1 N–H and O–H groups in total. The first-order valence-electron chi connectivity index (χ1n) is 7.03. The van der Waals surface area contributed by atoms with Crippen molar-refractivity contribution in [2.24, 2.45) is 5.92 Å². The first-order valence-corrected chi connectivity index (χ1v) is 7.03. The topological polar surface area (TPSA) is 74.9 Å². The van der Waals surface area contributed by atoms with E-state index in [0.717, 1.165) is 12.1 Å². The van der Waals surface area contributed by atoms with Crippen molar-refractivity contribution < 1.29 is 14.7 Å². The summed E-state index contributed by atoms with van der Waals surface area (Å²) < 4.78 is 1.79. The van der Waals surface area contributed by atoms with Crippen molar-refractivity contribution in [2.75, 3.05) is 6.54 Å². The SMILES string of the molecule is CC1CCC(C(=O)O)CN1C(=O)c1ccc2nccn2c1. The molecule has 2 unspecified atom stereocenters. The molecule has 0 aliphatic carbocycles.